The Morgan fingerprint density at radius 3 is 2.30 bits per heavy atom. The topological polar surface area (TPSA) is 58.6 Å². The largest absolute Gasteiger partial charge is 0.484 e. The van der Waals surface area contributed by atoms with Gasteiger partial charge in [0, 0.05) is 12.1 Å². The quantitative estimate of drug-likeness (QED) is 0.703. The molecule has 0 radical (unpaired) electrons. The Kier molecular flexibility index (Phi) is 7.98. The zero-order valence-corrected chi connectivity index (χ0v) is 18.4. The van der Waals surface area contributed by atoms with E-state index < -0.39 is 11.6 Å². The molecule has 0 aliphatic heterocycles. The number of amides is 2. The van der Waals surface area contributed by atoms with E-state index in [-0.39, 0.29) is 24.2 Å². The molecule has 162 valence electrons. The Morgan fingerprint density at radius 1 is 1.10 bits per heavy atom. The maximum absolute atomic E-state index is 13.1. The zero-order chi connectivity index (χ0) is 22.3. The van der Waals surface area contributed by atoms with Gasteiger partial charge in [0.1, 0.15) is 17.6 Å². The van der Waals surface area contributed by atoms with Crippen LogP contribution in [-0.4, -0.2) is 34.9 Å². The third-order valence-corrected chi connectivity index (χ3v) is 4.66. The molecular formula is C24H31FN2O3. The maximum Gasteiger partial charge on any atom is 0.261 e. The van der Waals surface area contributed by atoms with Gasteiger partial charge in [0.05, 0.1) is 0 Å². The van der Waals surface area contributed by atoms with Crippen molar-refractivity contribution in [2.24, 2.45) is 0 Å². The molecule has 0 bridgehead atoms. The minimum absolute atomic E-state index is 0.200. The van der Waals surface area contributed by atoms with Crippen molar-refractivity contribution in [3.63, 3.8) is 0 Å². The number of carbonyl (C=O) groups excluding carboxylic acids is 2. The number of ether oxygens (including phenoxy) is 1. The highest BCUT2D eigenvalue weighted by molar-refractivity contribution is 5.88. The van der Waals surface area contributed by atoms with Crippen molar-refractivity contribution in [2.75, 3.05) is 6.61 Å². The monoisotopic (exact) mass is 414 g/mol. The number of hydrogen-bond donors (Lipinski definition) is 1. The van der Waals surface area contributed by atoms with Crippen LogP contribution in [0.5, 0.6) is 5.75 Å². The van der Waals surface area contributed by atoms with E-state index in [1.54, 1.807) is 4.90 Å². The summed E-state index contributed by atoms with van der Waals surface area (Å²) in [5, 5.41) is 2.97. The van der Waals surface area contributed by atoms with Gasteiger partial charge in [-0.25, -0.2) is 4.39 Å². The first-order valence-electron chi connectivity index (χ1n) is 10.1. The lowest BCUT2D eigenvalue weighted by atomic mass is 10.0. The molecule has 0 aliphatic rings. The minimum atomic E-state index is -0.631. The van der Waals surface area contributed by atoms with Gasteiger partial charge in [-0.2, -0.15) is 0 Å². The highest BCUT2D eigenvalue weighted by atomic mass is 19.1. The highest BCUT2D eigenvalue weighted by Gasteiger charge is 2.31. The second kappa shape index (κ2) is 10.2. The Morgan fingerprint density at radius 2 is 1.73 bits per heavy atom. The lowest BCUT2D eigenvalue weighted by Crippen LogP contribution is -2.54. The summed E-state index contributed by atoms with van der Waals surface area (Å²) in [7, 11) is 0. The molecule has 0 saturated carbocycles. The molecule has 2 aromatic rings. The van der Waals surface area contributed by atoms with E-state index in [0.29, 0.717) is 18.7 Å². The average Bonchev–Trinajstić information content (AvgIpc) is 2.67. The van der Waals surface area contributed by atoms with Gasteiger partial charge < -0.3 is 15.0 Å². The molecule has 0 fully saturated rings. The van der Waals surface area contributed by atoms with Crippen molar-refractivity contribution in [2.45, 2.75) is 59.2 Å². The molecular weight excluding hydrogens is 383 g/mol. The summed E-state index contributed by atoms with van der Waals surface area (Å²) in [4.78, 5) is 27.6. The molecule has 30 heavy (non-hydrogen) atoms. The molecule has 0 heterocycles. The molecule has 2 aromatic carbocycles. The fraction of sp³-hybridized carbons (Fsp3) is 0.417. The first kappa shape index (κ1) is 23.4. The van der Waals surface area contributed by atoms with Gasteiger partial charge >= 0.3 is 0 Å². The fourth-order valence-corrected chi connectivity index (χ4v) is 3.10. The van der Waals surface area contributed by atoms with E-state index in [1.807, 2.05) is 58.9 Å². The Balaban J connectivity index is 2.24. The summed E-state index contributed by atoms with van der Waals surface area (Å²) in [5.41, 5.74) is 1.60. The van der Waals surface area contributed by atoms with Crippen LogP contribution in [0.4, 0.5) is 4.39 Å². The molecule has 1 atom stereocenters. The van der Waals surface area contributed by atoms with Gasteiger partial charge in [-0.05, 0) is 69.5 Å². The number of nitrogens with zero attached hydrogens (tertiary/aromatic N) is 1. The van der Waals surface area contributed by atoms with E-state index >= 15 is 0 Å². The molecule has 0 spiro atoms. The van der Waals surface area contributed by atoms with Crippen molar-refractivity contribution in [1.29, 1.82) is 0 Å². The first-order valence-corrected chi connectivity index (χ1v) is 10.1. The van der Waals surface area contributed by atoms with Crippen molar-refractivity contribution in [1.82, 2.24) is 10.2 Å². The van der Waals surface area contributed by atoms with Crippen molar-refractivity contribution in [3.05, 3.63) is 65.5 Å². The summed E-state index contributed by atoms with van der Waals surface area (Å²) in [6, 6.07) is 12.6. The SMILES string of the molecule is CC[C@H](C(=O)NC(C)(C)C)N(Cc1ccccc1C)C(=O)COc1ccc(F)cc1. The van der Waals surface area contributed by atoms with E-state index in [4.69, 9.17) is 4.74 Å². The Hall–Kier alpha value is -2.89. The van der Waals surface area contributed by atoms with Crippen LogP contribution in [0, 0.1) is 12.7 Å². The summed E-state index contributed by atoms with van der Waals surface area (Å²) in [6.07, 6.45) is 0.468. The summed E-state index contributed by atoms with van der Waals surface area (Å²) < 4.78 is 18.7. The van der Waals surface area contributed by atoms with E-state index in [9.17, 15) is 14.0 Å². The van der Waals surface area contributed by atoms with Crippen molar-refractivity contribution in [3.8, 4) is 5.75 Å². The van der Waals surface area contributed by atoms with Crippen LogP contribution < -0.4 is 10.1 Å². The summed E-state index contributed by atoms with van der Waals surface area (Å²) in [6.45, 7) is 9.63. The Labute approximate surface area is 178 Å². The number of hydrogen-bond acceptors (Lipinski definition) is 3. The lowest BCUT2D eigenvalue weighted by Gasteiger charge is -2.33. The van der Waals surface area contributed by atoms with Gasteiger partial charge in [0.2, 0.25) is 5.91 Å². The van der Waals surface area contributed by atoms with Gasteiger partial charge in [0.25, 0.3) is 5.91 Å². The number of carbonyl (C=O) groups is 2. The van der Waals surface area contributed by atoms with Crippen LogP contribution in [0.15, 0.2) is 48.5 Å². The third kappa shape index (κ3) is 6.87. The van der Waals surface area contributed by atoms with Crippen LogP contribution in [-0.2, 0) is 16.1 Å². The maximum atomic E-state index is 13.1. The number of nitrogens with one attached hydrogen (secondary N) is 1. The van der Waals surface area contributed by atoms with E-state index in [2.05, 4.69) is 5.32 Å². The van der Waals surface area contributed by atoms with E-state index in [0.717, 1.165) is 11.1 Å². The predicted octanol–water partition coefficient (Wildman–Crippen LogP) is 4.24. The second-order valence-electron chi connectivity index (χ2n) is 8.35. The smallest absolute Gasteiger partial charge is 0.261 e. The third-order valence-electron chi connectivity index (χ3n) is 4.66. The van der Waals surface area contributed by atoms with Crippen LogP contribution in [0.1, 0.15) is 45.2 Å². The number of benzene rings is 2. The second-order valence-corrected chi connectivity index (χ2v) is 8.35. The number of rotatable bonds is 8. The van der Waals surface area contributed by atoms with Gasteiger partial charge in [0.15, 0.2) is 6.61 Å². The molecule has 2 amide bonds. The van der Waals surface area contributed by atoms with Gasteiger partial charge in [-0.1, -0.05) is 31.2 Å². The van der Waals surface area contributed by atoms with Gasteiger partial charge in [-0.15, -0.1) is 0 Å². The van der Waals surface area contributed by atoms with Crippen molar-refractivity contribution >= 4 is 11.8 Å². The molecule has 5 nitrogen and oxygen atoms in total. The molecule has 2 rings (SSSR count). The lowest BCUT2D eigenvalue weighted by molar-refractivity contribution is -0.143. The summed E-state index contributed by atoms with van der Waals surface area (Å²) in [5.74, 6) is -0.486. The standard InChI is InChI=1S/C24H31FN2O3/c1-6-21(23(29)26-24(3,4)5)27(15-18-10-8-7-9-17(18)2)22(28)16-30-20-13-11-19(25)12-14-20/h7-14,21H,6,15-16H2,1-5H3,(H,26,29)/t21-/m1/s1. The van der Waals surface area contributed by atoms with Gasteiger partial charge in [-0.3, -0.25) is 9.59 Å². The molecule has 0 aromatic heterocycles. The molecule has 0 aliphatic carbocycles. The van der Waals surface area contributed by atoms with Crippen molar-refractivity contribution < 1.29 is 18.7 Å². The first-order chi connectivity index (χ1) is 14.1. The van der Waals surface area contributed by atoms with Crippen LogP contribution in [0.3, 0.4) is 0 Å². The van der Waals surface area contributed by atoms with Crippen LogP contribution in [0.25, 0.3) is 0 Å². The van der Waals surface area contributed by atoms with E-state index in [1.165, 1.54) is 24.3 Å². The Bertz CT molecular complexity index is 859. The number of halogens is 1. The fourth-order valence-electron chi connectivity index (χ4n) is 3.10. The molecule has 0 unspecified atom stereocenters. The average molecular weight is 415 g/mol. The highest BCUT2D eigenvalue weighted by Crippen LogP contribution is 2.17. The van der Waals surface area contributed by atoms with Crippen LogP contribution in [0.2, 0.25) is 0 Å². The van der Waals surface area contributed by atoms with Crippen LogP contribution >= 0.6 is 0 Å². The predicted molar refractivity (Wildman–Crippen MR) is 116 cm³/mol. The summed E-state index contributed by atoms with van der Waals surface area (Å²) >= 11 is 0. The number of aryl methyl sites for hydroxylation is 1. The normalized spacial score (nSPS) is 12.2. The molecule has 6 heteroatoms. The molecule has 1 N–H and O–H groups in total. The zero-order valence-electron chi connectivity index (χ0n) is 18.4. The molecule has 0 saturated heterocycles. The minimum Gasteiger partial charge on any atom is -0.484 e.